The number of anilines is 1. The van der Waals surface area contributed by atoms with Crippen molar-refractivity contribution in [2.24, 2.45) is 0 Å². The fourth-order valence-electron chi connectivity index (χ4n) is 3.11. The molecule has 3 rings (SSSR count). The molecular weight excluding hydrogens is 268 g/mol. The van der Waals surface area contributed by atoms with Crippen molar-refractivity contribution >= 4 is 27.4 Å². The Morgan fingerprint density at radius 1 is 1.30 bits per heavy atom. The van der Waals surface area contributed by atoms with Gasteiger partial charge in [-0.3, -0.25) is 4.90 Å². The zero-order chi connectivity index (χ0) is 14.1. The van der Waals surface area contributed by atoms with Gasteiger partial charge in [0.2, 0.25) is 0 Å². The fraction of sp³-hybridized carbons (Fsp3) is 0.600. The molecule has 0 radical (unpaired) electrons. The van der Waals surface area contributed by atoms with E-state index in [0.29, 0.717) is 12.1 Å². The van der Waals surface area contributed by atoms with Crippen LogP contribution in [0.5, 0.6) is 0 Å². The molecule has 0 saturated carbocycles. The molecule has 0 aliphatic carbocycles. The molecule has 1 saturated heterocycles. The smallest absolute Gasteiger partial charge is 0.146 e. The van der Waals surface area contributed by atoms with Crippen LogP contribution < -0.4 is 5.32 Å². The summed E-state index contributed by atoms with van der Waals surface area (Å²) in [7, 11) is 1.93. The third kappa shape index (κ3) is 2.52. The Balaban J connectivity index is 1.89. The Labute approximate surface area is 124 Å². The lowest BCUT2D eigenvalue weighted by Gasteiger charge is -2.38. The number of hydrogen-bond donors (Lipinski definition) is 1. The summed E-state index contributed by atoms with van der Waals surface area (Å²) in [5, 5.41) is 6.40. The second-order valence-corrected chi connectivity index (χ2v) is 6.57. The van der Waals surface area contributed by atoms with Crippen molar-refractivity contribution in [1.29, 1.82) is 0 Å². The van der Waals surface area contributed by atoms with Crippen LogP contribution in [-0.4, -0.2) is 34.0 Å². The number of rotatable bonds is 3. The average molecular weight is 290 g/mol. The topological polar surface area (TPSA) is 41.1 Å². The summed E-state index contributed by atoms with van der Waals surface area (Å²) in [6, 6.07) is 3.33. The Kier molecular flexibility index (Phi) is 3.89. The predicted octanol–water partition coefficient (Wildman–Crippen LogP) is 3.50. The van der Waals surface area contributed by atoms with Crippen LogP contribution in [0, 0.1) is 0 Å². The van der Waals surface area contributed by atoms with Gasteiger partial charge in [-0.2, -0.15) is 0 Å². The zero-order valence-corrected chi connectivity index (χ0v) is 13.2. The van der Waals surface area contributed by atoms with Crippen LogP contribution in [0.4, 0.5) is 5.82 Å². The maximum Gasteiger partial charge on any atom is 0.146 e. The van der Waals surface area contributed by atoms with E-state index in [1.807, 2.05) is 7.05 Å². The third-order valence-electron chi connectivity index (χ3n) is 4.31. The molecule has 1 fully saturated rings. The molecule has 2 atom stereocenters. The number of nitrogens with one attached hydrogen (secondary N) is 1. The second kappa shape index (κ2) is 5.66. The Bertz CT molecular complexity index is 585. The third-order valence-corrected chi connectivity index (χ3v) is 5.11. The number of aromatic nitrogens is 2. The Morgan fingerprint density at radius 2 is 2.05 bits per heavy atom. The van der Waals surface area contributed by atoms with Crippen LogP contribution in [0.1, 0.15) is 38.9 Å². The predicted molar refractivity (Wildman–Crippen MR) is 85.3 cm³/mol. The van der Waals surface area contributed by atoms with Crippen LogP contribution >= 0.6 is 11.3 Å². The standard InChI is InChI=1S/C15H22N4S/c1-10-5-4-6-11(2)19(10)9-13-17-14(16-3)12-7-8-20-15(12)18-13/h7-8,10-11H,4-6,9H2,1-3H3,(H,16,17,18)/t10-,11+. The Hall–Kier alpha value is -1.20. The van der Waals surface area contributed by atoms with E-state index in [1.54, 1.807) is 11.3 Å². The number of nitrogens with zero attached hydrogens (tertiary/aromatic N) is 3. The van der Waals surface area contributed by atoms with E-state index in [1.165, 1.54) is 19.3 Å². The molecule has 0 aromatic carbocycles. The van der Waals surface area contributed by atoms with Gasteiger partial charge in [0.15, 0.2) is 0 Å². The van der Waals surface area contributed by atoms with Crippen molar-refractivity contribution in [2.75, 3.05) is 12.4 Å². The molecule has 5 heteroatoms. The molecule has 0 unspecified atom stereocenters. The molecule has 0 amide bonds. The van der Waals surface area contributed by atoms with Gasteiger partial charge in [-0.25, -0.2) is 9.97 Å². The first kappa shape index (κ1) is 13.8. The fourth-order valence-corrected chi connectivity index (χ4v) is 3.89. The lowest BCUT2D eigenvalue weighted by atomic mass is 9.97. The largest absolute Gasteiger partial charge is 0.372 e. The number of likely N-dealkylation sites (tertiary alicyclic amines) is 1. The summed E-state index contributed by atoms with van der Waals surface area (Å²) < 4.78 is 0. The molecule has 108 valence electrons. The van der Waals surface area contributed by atoms with E-state index in [2.05, 4.69) is 35.5 Å². The Morgan fingerprint density at radius 3 is 2.75 bits per heavy atom. The molecule has 2 aromatic rings. The molecule has 4 nitrogen and oxygen atoms in total. The van der Waals surface area contributed by atoms with Crippen molar-refractivity contribution in [3.8, 4) is 0 Å². The first-order valence-corrected chi connectivity index (χ1v) is 8.24. The van der Waals surface area contributed by atoms with E-state index in [-0.39, 0.29) is 0 Å². The highest BCUT2D eigenvalue weighted by atomic mass is 32.1. The molecular formula is C15H22N4S. The first-order valence-electron chi connectivity index (χ1n) is 7.36. The molecule has 1 aliphatic heterocycles. The maximum absolute atomic E-state index is 4.73. The summed E-state index contributed by atoms with van der Waals surface area (Å²) >= 11 is 1.69. The van der Waals surface area contributed by atoms with Crippen molar-refractivity contribution < 1.29 is 0 Å². The zero-order valence-electron chi connectivity index (χ0n) is 12.4. The van der Waals surface area contributed by atoms with Crippen molar-refractivity contribution in [2.45, 2.75) is 51.7 Å². The van der Waals surface area contributed by atoms with E-state index >= 15 is 0 Å². The quantitative estimate of drug-likeness (QED) is 0.939. The molecule has 20 heavy (non-hydrogen) atoms. The normalized spacial score (nSPS) is 24.1. The number of fused-ring (bicyclic) bond motifs is 1. The van der Waals surface area contributed by atoms with E-state index < -0.39 is 0 Å². The van der Waals surface area contributed by atoms with Crippen LogP contribution in [0.15, 0.2) is 11.4 Å². The van der Waals surface area contributed by atoms with E-state index in [9.17, 15) is 0 Å². The highest BCUT2D eigenvalue weighted by molar-refractivity contribution is 7.16. The van der Waals surface area contributed by atoms with Crippen LogP contribution in [0.2, 0.25) is 0 Å². The minimum Gasteiger partial charge on any atom is -0.372 e. The average Bonchev–Trinajstić information content (AvgIpc) is 2.90. The van der Waals surface area contributed by atoms with Crippen LogP contribution in [-0.2, 0) is 6.54 Å². The van der Waals surface area contributed by atoms with Gasteiger partial charge >= 0.3 is 0 Å². The number of piperidine rings is 1. The summed E-state index contributed by atoms with van der Waals surface area (Å²) in [5.41, 5.74) is 0. The van der Waals surface area contributed by atoms with E-state index in [4.69, 9.17) is 9.97 Å². The van der Waals surface area contributed by atoms with Gasteiger partial charge in [0.1, 0.15) is 16.5 Å². The molecule has 0 spiro atoms. The number of hydrogen-bond acceptors (Lipinski definition) is 5. The molecule has 2 aromatic heterocycles. The minimum absolute atomic E-state index is 0.624. The van der Waals surface area contributed by atoms with Gasteiger partial charge in [-0.1, -0.05) is 6.42 Å². The van der Waals surface area contributed by atoms with Crippen molar-refractivity contribution in [3.05, 3.63) is 17.3 Å². The summed E-state index contributed by atoms with van der Waals surface area (Å²) in [6.07, 6.45) is 3.90. The molecule has 0 bridgehead atoms. The van der Waals surface area contributed by atoms with Crippen molar-refractivity contribution in [3.63, 3.8) is 0 Å². The summed E-state index contributed by atoms with van der Waals surface area (Å²) in [5.74, 6) is 1.88. The monoisotopic (exact) mass is 290 g/mol. The minimum atomic E-state index is 0.624. The van der Waals surface area contributed by atoms with Crippen molar-refractivity contribution in [1.82, 2.24) is 14.9 Å². The number of thiophene rings is 1. The molecule has 1 N–H and O–H groups in total. The van der Waals surface area contributed by atoms with Gasteiger partial charge in [0, 0.05) is 19.1 Å². The lowest BCUT2D eigenvalue weighted by Crippen LogP contribution is -2.43. The molecule has 3 heterocycles. The van der Waals surface area contributed by atoms with E-state index in [0.717, 1.165) is 28.4 Å². The summed E-state index contributed by atoms with van der Waals surface area (Å²) in [6.45, 7) is 5.49. The highest BCUT2D eigenvalue weighted by Crippen LogP contribution is 2.27. The van der Waals surface area contributed by atoms with Crippen LogP contribution in [0.3, 0.4) is 0 Å². The maximum atomic E-state index is 4.73. The van der Waals surface area contributed by atoms with Gasteiger partial charge in [0.05, 0.1) is 11.9 Å². The van der Waals surface area contributed by atoms with Gasteiger partial charge in [0.25, 0.3) is 0 Å². The van der Waals surface area contributed by atoms with Gasteiger partial charge < -0.3 is 5.32 Å². The SMILES string of the molecule is CNc1nc(CN2[C@H](C)CCC[C@@H]2C)nc2sccc12. The highest BCUT2D eigenvalue weighted by Gasteiger charge is 2.25. The molecule has 1 aliphatic rings. The van der Waals surface area contributed by atoms with Gasteiger partial charge in [-0.15, -0.1) is 11.3 Å². The van der Waals surface area contributed by atoms with Gasteiger partial charge in [-0.05, 0) is 38.1 Å². The second-order valence-electron chi connectivity index (χ2n) is 5.68. The first-order chi connectivity index (χ1) is 9.69. The lowest BCUT2D eigenvalue weighted by molar-refractivity contribution is 0.0924. The van der Waals surface area contributed by atoms with Crippen LogP contribution in [0.25, 0.3) is 10.2 Å². The summed E-state index contributed by atoms with van der Waals surface area (Å²) in [4.78, 5) is 13.0.